The summed E-state index contributed by atoms with van der Waals surface area (Å²) < 4.78 is 143. The zero-order valence-electron chi connectivity index (χ0n) is 81.8. The largest absolute Gasteiger partial charge is 0.744 e. The minimum absolute atomic E-state index is 0. The van der Waals surface area contributed by atoms with E-state index in [2.05, 4.69) is 79.7 Å². The second-order valence-electron chi connectivity index (χ2n) is 37.2. The van der Waals surface area contributed by atoms with E-state index >= 15 is 0 Å². The second-order valence-corrected chi connectivity index (χ2v) is 42.6. The third kappa shape index (κ3) is 47.6. The Morgan fingerprint density at radius 1 is 0.163 bits per heavy atom. The Morgan fingerprint density at radius 2 is 0.295 bits per heavy atom. The molecule has 0 atom stereocenters. The first kappa shape index (κ1) is 117. The van der Waals surface area contributed by atoms with Crippen LogP contribution in [0.15, 0.2) is 141 Å². The van der Waals surface area contributed by atoms with E-state index in [0.717, 1.165) is 169 Å². The number of fused-ring (bicyclic) bond motifs is 4. The Bertz CT molecular complexity index is 4220. The molecule has 0 aliphatic heterocycles. The summed E-state index contributed by atoms with van der Waals surface area (Å²) in [4.78, 5) is -0.288. The summed E-state index contributed by atoms with van der Waals surface area (Å²) in [7, 11) is -18.0. The first-order valence-corrected chi connectivity index (χ1v) is 57.5. The fraction of sp³-hybridized carbons (Fsp3) is 0.643. The molecule has 0 aliphatic rings. The van der Waals surface area contributed by atoms with E-state index in [4.69, 9.17) is 0 Å². The number of rotatable bonds is 68. The maximum Gasteiger partial charge on any atom is 0.125 e. The van der Waals surface area contributed by atoms with E-state index in [-0.39, 0.29) is 46.9 Å². The molecule has 0 heterocycles. The fourth-order valence-electron chi connectivity index (χ4n) is 18.3. The third-order valence-corrected chi connectivity index (χ3v) is 29.7. The zero-order chi connectivity index (χ0) is 92.9. The van der Waals surface area contributed by atoms with Gasteiger partial charge in [0.15, 0.2) is 0 Å². The fourth-order valence-corrected chi connectivity index (χ4v) is 21.0. The monoisotopic (exact) mass is 2050 g/mol. The van der Waals surface area contributed by atoms with Crippen LogP contribution >= 0.6 is 0 Å². The van der Waals surface area contributed by atoms with Crippen LogP contribution in [0.3, 0.4) is 0 Å². The number of hydrogen-bond acceptors (Lipinski definition) is 12. The predicted molar refractivity (Wildman–Crippen MR) is 547 cm³/mol. The molecule has 0 fully saturated rings. The van der Waals surface area contributed by atoms with Gasteiger partial charge in [0.25, 0.3) is 0 Å². The molecule has 129 heavy (non-hydrogen) atoms. The Hall–Kier alpha value is -4.64. The molecule has 8 aromatic carbocycles. The van der Waals surface area contributed by atoms with Crippen molar-refractivity contribution in [3.63, 3.8) is 0 Å². The maximum atomic E-state index is 11.9. The minimum Gasteiger partial charge on any atom is -0.744 e. The Morgan fingerprint density at radius 3 is 0.434 bits per heavy atom. The van der Waals surface area contributed by atoms with E-state index in [0.29, 0.717) is 21.5 Å². The quantitative estimate of drug-likeness (QED) is 0.0197. The van der Waals surface area contributed by atoms with Crippen LogP contribution in [-0.2, 0) is 91.8 Å². The van der Waals surface area contributed by atoms with Gasteiger partial charge in [0.2, 0.25) is 0 Å². The molecule has 0 aliphatic carbocycles. The first-order valence-electron chi connectivity index (χ1n) is 51.9. The van der Waals surface area contributed by atoms with Gasteiger partial charge in [-0.2, -0.15) is 0 Å². The standard InChI is InChI=1S/4C28H44O3S.Pb/c4*1-3-5-7-9-11-13-15-17-24-19-21-26-25(18-16-14-12-10-8-6-4-2)20-22-28(27(26)23-24)32(29,30)31;/h4*19-23H,3-18H2,1-2H3,(H,29,30,31);/p-4. The van der Waals surface area contributed by atoms with Crippen molar-refractivity contribution < 1.29 is 51.9 Å². The summed E-state index contributed by atoms with van der Waals surface area (Å²) in [5, 5.41) is 6.16. The molecule has 0 saturated heterocycles. The van der Waals surface area contributed by atoms with Crippen molar-refractivity contribution in [1.29, 1.82) is 0 Å². The predicted octanol–water partition coefficient (Wildman–Crippen LogP) is 32.9. The van der Waals surface area contributed by atoms with E-state index in [1.165, 1.54) is 332 Å². The van der Waals surface area contributed by atoms with Crippen molar-refractivity contribution in [1.82, 2.24) is 0 Å². The number of aryl methyl sites for hydroxylation is 8. The Kier molecular flexibility index (Phi) is 62.6. The van der Waals surface area contributed by atoms with Gasteiger partial charge in [-0.05, 0) is 239 Å². The van der Waals surface area contributed by atoms with Gasteiger partial charge >= 0.3 is 0 Å². The van der Waals surface area contributed by atoms with Crippen LogP contribution in [0.5, 0.6) is 0 Å². The molecule has 0 saturated carbocycles. The van der Waals surface area contributed by atoms with Crippen LogP contribution in [0, 0.1) is 0 Å². The summed E-state index contributed by atoms with van der Waals surface area (Å²) in [5.74, 6) is 0. The van der Waals surface area contributed by atoms with Gasteiger partial charge in [-0.15, -0.1) is 0 Å². The van der Waals surface area contributed by atoms with Crippen molar-refractivity contribution in [2.75, 3.05) is 0 Å². The summed E-state index contributed by atoms with van der Waals surface area (Å²) in [6.07, 6.45) is 77.5. The van der Waals surface area contributed by atoms with E-state index in [1.54, 1.807) is 0 Å². The van der Waals surface area contributed by atoms with Crippen LogP contribution in [-0.4, -0.2) is 79.2 Å². The molecule has 4 radical (unpaired) electrons. The Labute approximate surface area is 807 Å². The molecule has 8 aromatic rings. The van der Waals surface area contributed by atoms with Gasteiger partial charge in [-0.1, -0.05) is 436 Å². The average molecular weight is 2050 g/mol. The van der Waals surface area contributed by atoms with Crippen molar-refractivity contribution in [3.05, 3.63) is 166 Å². The van der Waals surface area contributed by atoms with Crippen LogP contribution in [0.25, 0.3) is 43.1 Å². The van der Waals surface area contributed by atoms with Gasteiger partial charge in [0.1, 0.15) is 40.5 Å². The molecule has 0 spiro atoms. The number of benzene rings is 8. The summed E-state index contributed by atoms with van der Waals surface area (Å²) in [6.45, 7) is 17.9. The molecule has 17 heteroatoms. The molecular formula is C112H172O12PbS4-4. The van der Waals surface area contributed by atoms with E-state index in [9.17, 15) is 51.9 Å². The zero-order valence-corrected chi connectivity index (χ0v) is 89.0. The van der Waals surface area contributed by atoms with Crippen molar-refractivity contribution in [2.45, 2.75) is 486 Å². The smallest absolute Gasteiger partial charge is 0.125 e. The summed E-state index contributed by atoms with van der Waals surface area (Å²) >= 11 is 0. The summed E-state index contributed by atoms with van der Waals surface area (Å²) in [5.41, 5.74) is 9.14. The number of hydrogen-bond donors (Lipinski definition) is 0. The topological polar surface area (TPSA) is 229 Å². The Balaban J connectivity index is 0.000000359. The normalized spacial score (nSPS) is 11.9. The van der Waals surface area contributed by atoms with Gasteiger partial charge in [-0.3, -0.25) is 0 Å². The minimum atomic E-state index is -4.49. The molecule has 0 amide bonds. The number of unbranched alkanes of at least 4 members (excludes halogenated alkanes) is 48. The molecule has 724 valence electrons. The van der Waals surface area contributed by atoms with Crippen LogP contribution in [0.4, 0.5) is 0 Å². The van der Waals surface area contributed by atoms with Crippen LogP contribution in [0.1, 0.15) is 459 Å². The van der Waals surface area contributed by atoms with Crippen molar-refractivity contribution >= 4 is 111 Å². The van der Waals surface area contributed by atoms with Crippen molar-refractivity contribution in [2.24, 2.45) is 0 Å². The third-order valence-electron chi connectivity index (χ3n) is 26.1. The van der Waals surface area contributed by atoms with Gasteiger partial charge < -0.3 is 18.2 Å². The SMILES string of the molecule is CCCCCCCCCc1ccc2c(CCCCCCCCC)ccc(S(=O)(=O)[O-])c2c1.CCCCCCCCCc1ccc2c(CCCCCCCCC)ccc(S(=O)(=O)[O-])c2c1.CCCCCCCCCc1ccc2c(CCCCCCCCC)ccc(S(=O)(=O)[O-])c2c1.CCCCCCCCCc1ccc2c(CCCCCCCCC)ccc(S(=O)(=O)[O-])c2c1.[Pb]. The molecular weight excluding hydrogens is 1870 g/mol. The molecule has 8 rings (SSSR count). The van der Waals surface area contributed by atoms with Crippen LogP contribution < -0.4 is 0 Å². The van der Waals surface area contributed by atoms with Gasteiger partial charge in [0, 0.05) is 27.3 Å². The van der Waals surface area contributed by atoms with E-state index < -0.39 is 40.5 Å². The van der Waals surface area contributed by atoms with E-state index in [1.807, 2.05) is 72.8 Å². The average Bonchev–Trinajstić information content (AvgIpc) is 0.794. The molecule has 0 aromatic heterocycles. The van der Waals surface area contributed by atoms with Gasteiger partial charge in [-0.25, -0.2) is 33.7 Å². The molecule has 0 N–H and O–H groups in total. The van der Waals surface area contributed by atoms with Gasteiger partial charge in [0.05, 0.1) is 19.6 Å². The molecule has 0 unspecified atom stereocenters. The first-order chi connectivity index (χ1) is 61.9. The molecule has 12 nitrogen and oxygen atoms in total. The maximum absolute atomic E-state index is 11.9. The summed E-state index contributed by atoms with van der Waals surface area (Å²) in [6, 6.07) is 37.9. The second kappa shape index (κ2) is 69.2. The van der Waals surface area contributed by atoms with Crippen LogP contribution in [0.2, 0.25) is 0 Å². The van der Waals surface area contributed by atoms with Crippen molar-refractivity contribution in [3.8, 4) is 0 Å². The molecule has 0 bridgehead atoms.